The van der Waals surface area contributed by atoms with E-state index in [1.807, 2.05) is 0 Å². The number of alkyl halides is 3. The summed E-state index contributed by atoms with van der Waals surface area (Å²) >= 11 is 1.80. The van der Waals surface area contributed by atoms with Crippen molar-refractivity contribution in [2.45, 2.75) is 36.3 Å². The lowest BCUT2D eigenvalue weighted by atomic mass is 10.1. The van der Waals surface area contributed by atoms with Crippen molar-refractivity contribution >= 4 is 49.7 Å². The molecule has 182 valence electrons. The second kappa shape index (κ2) is 9.03. The van der Waals surface area contributed by atoms with Crippen LogP contribution in [0.4, 0.5) is 34.6 Å². The first kappa shape index (κ1) is 25.7. The van der Waals surface area contributed by atoms with Gasteiger partial charge in [0.1, 0.15) is 11.4 Å². The molecule has 8 nitrogen and oxygen atoms in total. The lowest BCUT2D eigenvalue weighted by molar-refractivity contribution is -0.138. The first-order chi connectivity index (χ1) is 15.2. The van der Waals surface area contributed by atoms with Gasteiger partial charge in [-0.1, -0.05) is 0 Å². The number of hydrogen-bond acceptors (Lipinski definition) is 6. The lowest BCUT2D eigenvalue weighted by Crippen LogP contribution is -2.36. The molecule has 14 heteroatoms. The number of aromatic nitrogens is 1. The Hall–Kier alpha value is -1.91. The molecular formula is C19H20F4IN3O5S. The van der Waals surface area contributed by atoms with Gasteiger partial charge in [-0.3, -0.25) is 9.52 Å². The van der Waals surface area contributed by atoms with E-state index in [0.717, 1.165) is 25.4 Å². The molecule has 3 rings (SSSR count). The molecule has 0 amide bonds. The maximum Gasteiger partial charge on any atom is 0.423 e. The van der Waals surface area contributed by atoms with E-state index in [2.05, 4.69) is 10.0 Å². The summed E-state index contributed by atoms with van der Waals surface area (Å²) in [6.45, 7) is -0.686. The third-order valence-corrected chi connectivity index (χ3v) is 8.17. The number of aliphatic hydroxyl groups is 2. The quantitative estimate of drug-likeness (QED) is 0.272. The standard InChI is InChI=1S/C19H20F4IN3O5S/c1-27-8-14(26-33(31,32)18(4-5-18)7-11(29)9-28)16(15(17(27)30)19(21,22)23)25-13-3-2-10(24)6-12(13)20/h2-3,6,8,11,25-26,28-29H,4-5,7,9H2,1H3. The van der Waals surface area contributed by atoms with Crippen molar-refractivity contribution in [2.75, 3.05) is 16.6 Å². The molecule has 4 N–H and O–H groups in total. The molecule has 1 unspecified atom stereocenters. The Morgan fingerprint density at radius 1 is 1.27 bits per heavy atom. The van der Waals surface area contributed by atoms with Crippen LogP contribution < -0.4 is 15.6 Å². The molecule has 1 heterocycles. The van der Waals surface area contributed by atoms with E-state index in [-0.39, 0.29) is 19.3 Å². The Kier molecular flexibility index (Phi) is 7.04. The summed E-state index contributed by atoms with van der Waals surface area (Å²) in [6.07, 6.45) is -5.76. The van der Waals surface area contributed by atoms with Gasteiger partial charge in [0.2, 0.25) is 10.0 Å². The van der Waals surface area contributed by atoms with E-state index in [9.17, 15) is 35.9 Å². The Bertz CT molecular complexity index is 1230. The van der Waals surface area contributed by atoms with Gasteiger partial charge >= 0.3 is 6.18 Å². The van der Waals surface area contributed by atoms with Crippen molar-refractivity contribution in [3.8, 4) is 0 Å². The monoisotopic (exact) mass is 605 g/mol. The van der Waals surface area contributed by atoms with Crippen LogP contribution in [0.15, 0.2) is 29.2 Å². The second-order valence-corrected chi connectivity index (χ2v) is 11.1. The number of halogens is 5. The molecule has 0 spiro atoms. The SMILES string of the molecule is Cn1cc(NS(=O)(=O)C2(CC(O)CO)CC2)c(Nc2ccc(I)cc2F)c(C(F)(F)F)c1=O. The smallest absolute Gasteiger partial charge is 0.394 e. The van der Waals surface area contributed by atoms with Gasteiger partial charge < -0.3 is 20.1 Å². The van der Waals surface area contributed by atoms with E-state index < -0.39 is 67.7 Å². The minimum atomic E-state index is -5.19. The average molecular weight is 605 g/mol. The second-order valence-electron chi connectivity index (χ2n) is 7.78. The molecule has 1 aliphatic carbocycles. The van der Waals surface area contributed by atoms with Crippen molar-refractivity contribution in [3.05, 3.63) is 49.7 Å². The van der Waals surface area contributed by atoms with Crippen LogP contribution in [0.1, 0.15) is 24.8 Å². The average Bonchev–Trinajstić information content (AvgIpc) is 3.47. The zero-order chi connectivity index (χ0) is 24.8. The Labute approximate surface area is 199 Å². The van der Waals surface area contributed by atoms with Crippen molar-refractivity contribution in [2.24, 2.45) is 7.05 Å². The molecule has 0 bridgehead atoms. The maximum absolute atomic E-state index is 14.4. The lowest BCUT2D eigenvalue weighted by Gasteiger charge is -2.24. The van der Waals surface area contributed by atoms with Crippen LogP contribution in [-0.4, -0.2) is 40.7 Å². The number of nitrogens with one attached hydrogen (secondary N) is 2. The van der Waals surface area contributed by atoms with Gasteiger partial charge in [-0.15, -0.1) is 0 Å². The molecule has 33 heavy (non-hydrogen) atoms. The molecule has 1 atom stereocenters. The largest absolute Gasteiger partial charge is 0.423 e. The van der Waals surface area contributed by atoms with Crippen molar-refractivity contribution < 1.29 is 36.2 Å². The summed E-state index contributed by atoms with van der Waals surface area (Å²) in [7, 11) is -3.35. The van der Waals surface area contributed by atoms with E-state index >= 15 is 0 Å². The van der Waals surface area contributed by atoms with Crippen LogP contribution in [0.3, 0.4) is 0 Å². The number of aryl methyl sites for hydroxylation is 1. The molecule has 1 aromatic heterocycles. The van der Waals surface area contributed by atoms with Gasteiger partial charge in [0.15, 0.2) is 0 Å². The zero-order valence-electron chi connectivity index (χ0n) is 17.1. The third-order valence-electron chi connectivity index (χ3n) is 5.29. The van der Waals surface area contributed by atoms with Crippen LogP contribution >= 0.6 is 22.6 Å². The van der Waals surface area contributed by atoms with Gasteiger partial charge in [-0.2, -0.15) is 13.2 Å². The Morgan fingerprint density at radius 3 is 2.42 bits per heavy atom. The number of hydrogen-bond donors (Lipinski definition) is 4. The van der Waals surface area contributed by atoms with Crippen molar-refractivity contribution in [1.29, 1.82) is 0 Å². The highest BCUT2D eigenvalue weighted by molar-refractivity contribution is 14.1. The van der Waals surface area contributed by atoms with E-state index in [1.54, 1.807) is 22.6 Å². The van der Waals surface area contributed by atoms with Crippen LogP contribution in [0.25, 0.3) is 0 Å². The summed E-state index contributed by atoms with van der Waals surface area (Å²) in [4.78, 5) is 12.3. The molecule has 0 radical (unpaired) electrons. The fourth-order valence-corrected chi connectivity index (χ4v) is 5.56. The minimum Gasteiger partial charge on any atom is -0.394 e. The summed E-state index contributed by atoms with van der Waals surface area (Å²) in [6, 6.07) is 3.63. The van der Waals surface area contributed by atoms with Crippen molar-refractivity contribution in [1.82, 2.24) is 4.57 Å². The predicted molar refractivity (Wildman–Crippen MR) is 121 cm³/mol. The van der Waals surface area contributed by atoms with Gasteiger partial charge in [0.25, 0.3) is 5.56 Å². The molecule has 0 saturated heterocycles. The first-order valence-corrected chi connectivity index (χ1v) is 12.1. The van der Waals surface area contributed by atoms with E-state index in [4.69, 9.17) is 5.11 Å². The highest BCUT2D eigenvalue weighted by Crippen LogP contribution is 2.49. The fourth-order valence-electron chi connectivity index (χ4n) is 3.40. The summed E-state index contributed by atoms with van der Waals surface area (Å²) in [5.74, 6) is -0.908. The normalized spacial score (nSPS) is 16.4. The number of anilines is 3. The van der Waals surface area contributed by atoms with Gasteiger partial charge in [0, 0.05) is 16.8 Å². The molecular weight excluding hydrogens is 585 g/mol. The summed E-state index contributed by atoms with van der Waals surface area (Å²) < 4.78 is 83.6. The minimum absolute atomic E-state index is 0.117. The zero-order valence-corrected chi connectivity index (χ0v) is 20.1. The topological polar surface area (TPSA) is 121 Å². The van der Waals surface area contributed by atoms with E-state index in [0.29, 0.717) is 8.14 Å². The van der Waals surface area contributed by atoms with Crippen LogP contribution in [0.5, 0.6) is 0 Å². The molecule has 1 aromatic carbocycles. The number of benzene rings is 1. The Balaban J connectivity index is 2.15. The highest BCUT2D eigenvalue weighted by atomic mass is 127. The van der Waals surface area contributed by atoms with Crippen molar-refractivity contribution in [3.63, 3.8) is 0 Å². The molecule has 1 fully saturated rings. The number of aliphatic hydroxyl groups excluding tert-OH is 2. The van der Waals surface area contributed by atoms with Crippen LogP contribution in [0.2, 0.25) is 0 Å². The summed E-state index contributed by atoms with van der Waals surface area (Å²) in [5.41, 5.74) is -5.13. The van der Waals surface area contributed by atoms with Crippen LogP contribution in [0, 0.1) is 9.39 Å². The molecule has 2 aromatic rings. The number of sulfonamides is 1. The number of rotatable bonds is 8. The van der Waals surface area contributed by atoms with Gasteiger partial charge in [0.05, 0.1) is 34.5 Å². The maximum atomic E-state index is 14.4. The molecule has 0 aliphatic heterocycles. The summed E-state index contributed by atoms with van der Waals surface area (Å²) in [5, 5.41) is 21.0. The Morgan fingerprint density at radius 2 is 1.91 bits per heavy atom. The predicted octanol–water partition coefficient (Wildman–Crippen LogP) is 2.91. The highest BCUT2D eigenvalue weighted by Gasteiger charge is 2.55. The van der Waals surface area contributed by atoms with Crippen LogP contribution in [-0.2, 0) is 23.2 Å². The first-order valence-electron chi connectivity index (χ1n) is 9.55. The van der Waals surface area contributed by atoms with E-state index in [1.165, 1.54) is 6.07 Å². The molecule has 1 saturated carbocycles. The number of pyridine rings is 1. The van der Waals surface area contributed by atoms with Gasteiger partial charge in [-0.25, -0.2) is 12.8 Å². The fraction of sp³-hybridized carbons (Fsp3) is 0.421. The number of nitrogens with zero attached hydrogens (tertiary/aromatic N) is 1. The van der Waals surface area contributed by atoms with Gasteiger partial charge in [-0.05, 0) is 60.1 Å². The third kappa shape index (κ3) is 5.27. The molecule has 1 aliphatic rings.